The van der Waals surface area contributed by atoms with Crippen molar-refractivity contribution in [2.45, 2.75) is 6.92 Å². The molecule has 0 unspecified atom stereocenters. The summed E-state index contributed by atoms with van der Waals surface area (Å²) >= 11 is 3.68. The quantitative estimate of drug-likeness (QED) is 0.659. The lowest BCUT2D eigenvalue weighted by molar-refractivity contribution is 0.0594. The highest BCUT2D eigenvalue weighted by molar-refractivity contribution is 14.1. The molecule has 0 spiro atoms. The van der Waals surface area contributed by atoms with Crippen LogP contribution >= 0.6 is 33.9 Å². The topological polar surface area (TPSA) is 51.2 Å². The van der Waals surface area contributed by atoms with Gasteiger partial charge in [0, 0.05) is 14.1 Å². The first-order valence-electron chi connectivity index (χ1n) is 5.18. The Kier molecular flexibility index (Phi) is 4.18. The van der Waals surface area contributed by atoms with Gasteiger partial charge in [0.15, 0.2) is 10.8 Å². The second-order valence-corrected chi connectivity index (χ2v) is 6.00. The van der Waals surface area contributed by atoms with Gasteiger partial charge in [0.1, 0.15) is 0 Å². The van der Waals surface area contributed by atoms with Crippen molar-refractivity contribution in [3.05, 3.63) is 38.4 Å². The van der Waals surface area contributed by atoms with Crippen molar-refractivity contribution in [3.8, 4) is 0 Å². The Morgan fingerprint density at radius 1 is 1.39 bits per heavy atom. The fourth-order valence-corrected chi connectivity index (χ4v) is 2.57. The van der Waals surface area contributed by atoms with E-state index in [1.165, 1.54) is 22.0 Å². The Balaban J connectivity index is 2.20. The van der Waals surface area contributed by atoms with Crippen LogP contribution in [0.3, 0.4) is 0 Å². The number of hydrogen-bond acceptors (Lipinski definition) is 5. The van der Waals surface area contributed by atoms with E-state index in [-0.39, 0.29) is 0 Å². The zero-order chi connectivity index (χ0) is 13.1. The Morgan fingerprint density at radius 3 is 2.67 bits per heavy atom. The Labute approximate surface area is 123 Å². The van der Waals surface area contributed by atoms with Gasteiger partial charge in [-0.25, -0.2) is 9.78 Å². The van der Waals surface area contributed by atoms with Crippen LogP contribution < -0.4 is 5.32 Å². The van der Waals surface area contributed by atoms with Crippen LogP contribution in [0.1, 0.15) is 15.4 Å². The number of esters is 1. The maximum Gasteiger partial charge on any atom is 0.357 e. The SMILES string of the molecule is COC(=O)c1nc(Nc2ccc(I)cc2)sc1C. The monoisotopic (exact) mass is 374 g/mol. The second-order valence-electron chi connectivity index (χ2n) is 3.55. The molecule has 1 aromatic carbocycles. The molecule has 2 rings (SSSR count). The predicted molar refractivity (Wildman–Crippen MR) is 80.6 cm³/mol. The molecule has 0 amide bonds. The third-order valence-electron chi connectivity index (χ3n) is 2.27. The number of anilines is 2. The van der Waals surface area contributed by atoms with Crippen LogP contribution in [0, 0.1) is 10.5 Å². The Hall–Kier alpha value is -1.15. The van der Waals surface area contributed by atoms with Crippen molar-refractivity contribution in [1.29, 1.82) is 0 Å². The molecule has 0 saturated heterocycles. The molecule has 6 heteroatoms. The van der Waals surface area contributed by atoms with Crippen molar-refractivity contribution in [2.24, 2.45) is 0 Å². The molecule has 0 saturated carbocycles. The number of aryl methyl sites for hydroxylation is 1. The van der Waals surface area contributed by atoms with Crippen LogP contribution in [0.4, 0.5) is 10.8 Å². The van der Waals surface area contributed by atoms with E-state index in [1.54, 1.807) is 0 Å². The van der Waals surface area contributed by atoms with E-state index in [0.29, 0.717) is 10.8 Å². The fourth-order valence-electron chi connectivity index (χ4n) is 1.39. The standard InChI is InChI=1S/C12H11IN2O2S/c1-7-10(11(16)17-2)15-12(18-7)14-9-5-3-8(13)4-6-9/h3-6H,1-2H3,(H,14,15). The number of thiazole rings is 1. The zero-order valence-corrected chi connectivity index (χ0v) is 12.8. The molecule has 4 nitrogen and oxygen atoms in total. The van der Waals surface area contributed by atoms with Crippen molar-refractivity contribution in [2.75, 3.05) is 12.4 Å². The molecule has 18 heavy (non-hydrogen) atoms. The van der Waals surface area contributed by atoms with E-state index in [4.69, 9.17) is 0 Å². The van der Waals surface area contributed by atoms with Crippen molar-refractivity contribution < 1.29 is 9.53 Å². The first kappa shape index (κ1) is 13.3. The number of nitrogens with one attached hydrogen (secondary N) is 1. The average Bonchev–Trinajstić information content (AvgIpc) is 2.72. The summed E-state index contributed by atoms with van der Waals surface area (Å²) in [5.41, 5.74) is 1.32. The van der Waals surface area contributed by atoms with E-state index < -0.39 is 5.97 Å². The number of aromatic nitrogens is 1. The molecule has 1 heterocycles. The molecule has 0 fully saturated rings. The van der Waals surface area contributed by atoms with Crippen LogP contribution in [0.5, 0.6) is 0 Å². The summed E-state index contributed by atoms with van der Waals surface area (Å²) in [6.45, 7) is 1.85. The van der Waals surface area contributed by atoms with E-state index in [0.717, 1.165) is 10.6 Å². The summed E-state index contributed by atoms with van der Waals surface area (Å²) < 4.78 is 5.84. The molecule has 0 radical (unpaired) electrons. The number of carbonyl (C=O) groups is 1. The van der Waals surface area contributed by atoms with Crippen molar-refractivity contribution in [3.63, 3.8) is 0 Å². The fraction of sp³-hybridized carbons (Fsp3) is 0.167. The van der Waals surface area contributed by atoms with E-state index >= 15 is 0 Å². The number of rotatable bonds is 3. The van der Waals surface area contributed by atoms with Gasteiger partial charge in [0.2, 0.25) is 0 Å². The highest BCUT2D eigenvalue weighted by atomic mass is 127. The molecule has 1 aromatic heterocycles. The summed E-state index contributed by atoms with van der Waals surface area (Å²) in [5.74, 6) is -0.403. The molecule has 0 bridgehead atoms. The van der Waals surface area contributed by atoms with Gasteiger partial charge >= 0.3 is 5.97 Å². The Bertz CT molecular complexity index is 566. The van der Waals surface area contributed by atoms with Gasteiger partial charge in [0.05, 0.1) is 7.11 Å². The molecule has 1 N–H and O–H groups in total. The molecule has 0 aliphatic heterocycles. The first-order valence-corrected chi connectivity index (χ1v) is 7.08. The number of benzene rings is 1. The summed E-state index contributed by atoms with van der Waals surface area (Å²) in [5, 5.41) is 3.86. The lowest BCUT2D eigenvalue weighted by atomic mass is 10.3. The van der Waals surface area contributed by atoms with Crippen LogP contribution in [-0.2, 0) is 4.74 Å². The highest BCUT2D eigenvalue weighted by Gasteiger charge is 2.15. The minimum atomic E-state index is -0.403. The van der Waals surface area contributed by atoms with E-state index in [9.17, 15) is 4.79 Å². The molecule has 0 atom stereocenters. The van der Waals surface area contributed by atoms with Gasteiger partial charge < -0.3 is 10.1 Å². The third kappa shape index (κ3) is 2.99. The average molecular weight is 374 g/mol. The lowest BCUT2D eigenvalue weighted by Crippen LogP contribution is -2.03. The molecule has 94 valence electrons. The maximum absolute atomic E-state index is 11.4. The minimum absolute atomic E-state index is 0.371. The number of ether oxygens (including phenoxy) is 1. The molecule has 0 aliphatic rings. The van der Waals surface area contributed by atoms with Gasteiger partial charge in [-0.15, -0.1) is 11.3 Å². The molecule has 2 aromatic rings. The number of hydrogen-bond donors (Lipinski definition) is 1. The molecular formula is C12H11IN2O2S. The largest absolute Gasteiger partial charge is 0.464 e. The van der Waals surface area contributed by atoms with E-state index in [2.05, 4.69) is 37.6 Å². The van der Waals surface area contributed by atoms with E-state index in [1.807, 2.05) is 31.2 Å². The minimum Gasteiger partial charge on any atom is -0.464 e. The normalized spacial score (nSPS) is 10.2. The predicted octanol–water partition coefficient (Wildman–Crippen LogP) is 3.59. The smallest absolute Gasteiger partial charge is 0.357 e. The number of nitrogens with zero attached hydrogens (tertiary/aromatic N) is 1. The first-order chi connectivity index (χ1) is 8.60. The molecular weight excluding hydrogens is 363 g/mol. The third-order valence-corrected chi connectivity index (χ3v) is 3.88. The van der Waals surface area contributed by atoms with Gasteiger partial charge in [-0.3, -0.25) is 0 Å². The zero-order valence-electron chi connectivity index (χ0n) is 9.86. The number of carbonyl (C=O) groups excluding carboxylic acids is 1. The summed E-state index contributed by atoms with van der Waals surface area (Å²) in [7, 11) is 1.35. The highest BCUT2D eigenvalue weighted by Crippen LogP contribution is 2.26. The van der Waals surface area contributed by atoms with Crippen LogP contribution in [-0.4, -0.2) is 18.1 Å². The van der Waals surface area contributed by atoms with Crippen LogP contribution in [0.25, 0.3) is 0 Å². The van der Waals surface area contributed by atoms with Gasteiger partial charge in [0.25, 0.3) is 0 Å². The summed E-state index contributed by atoms with van der Waals surface area (Å²) in [4.78, 5) is 16.5. The van der Waals surface area contributed by atoms with Crippen molar-refractivity contribution >= 4 is 50.7 Å². The van der Waals surface area contributed by atoms with Gasteiger partial charge in [-0.05, 0) is 53.8 Å². The lowest BCUT2D eigenvalue weighted by Gasteiger charge is -2.01. The van der Waals surface area contributed by atoms with Crippen LogP contribution in [0.15, 0.2) is 24.3 Å². The summed E-state index contributed by atoms with van der Waals surface area (Å²) in [6, 6.07) is 7.95. The number of halogens is 1. The molecule has 0 aliphatic carbocycles. The number of methoxy groups -OCH3 is 1. The van der Waals surface area contributed by atoms with Gasteiger partial charge in [-0.1, -0.05) is 0 Å². The van der Waals surface area contributed by atoms with Gasteiger partial charge in [-0.2, -0.15) is 0 Å². The summed E-state index contributed by atoms with van der Waals surface area (Å²) in [6.07, 6.45) is 0. The Morgan fingerprint density at radius 2 is 2.06 bits per heavy atom. The maximum atomic E-state index is 11.4. The van der Waals surface area contributed by atoms with Crippen molar-refractivity contribution in [1.82, 2.24) is 4.98 Å². The van der Waals surface area contributed by atoms with Crippen LogP contribution in [0.2, 0.25) is 0 Å². The second kappa shape index (κ2) is 5.66.